The first-order valence-electron chi connectivity index (χ1n) is 13.9. The highest BCUT2D eigenvalue weighted by atomic mass is 19.1. The van der Waals surface area contributed by atoms with Crippen LogP contribution in [-0.4, -0.2) is 90.4 Å². The molecule has 2 aromatic rings. The molecule has 4 atom stereocenters. The Labute approximate surface area is 239 Å². The Morgan fingerprint density at radius 3 is 2.39 bits per heavy atom. The maximum Gasteiger partial charge on any atom is 0.234 e. The van der Waals surface area contributed by atoms with Crippen molar-refractivity contribution in [1.29, 1.82) is 0 Å². The van der Waals surface area contributed by atoms with Crippen LogP contribution in [0.15, 0.2) is 48.7 Å². The number of hydrogen-bond donors (Lipinski definition) is 2. The predicted molar refractivity (Wildman–Crippen MR) is 147 cm³/mol. The summed E-state index contributed by atoms with van der Waals surface area (Å²) < 4.78 is 24.1. The number of ether oxygens (including phenoxy) is 2. The van der Waals surface area contributed by atoms with Gasteiger partial charge in [0.1, 0.15) is 11.4 Å². The van der Waals surface area contributed by atoms with Gasteiger partial charge in [0.05, 0.1) is 50.6 Å². The normalized spacial score (nSPS) is 20.9. The van der Waals surface area contributed by atoms with Crippen LogP contribution in [0.25, 0.3) is 0 Å². The Balaban J connectivity index is 1.45. The van der Waals surface area contributed by atoms with Crippen molar-refractivity contribution in [3.8, 4) is 0 Å². The summed E-state index contributed by atoms with van der Waals surface area (Å²) in [4.78, 5) is 58.7. The van der Waals surface area contributed by atoms with E-state index in [4.69, 9.17) is 9.47 Å². The maximum absolute atomic E-state index is 13.6. The van der Waals surface area contributed by atoms with Gasteiger partial charge >= 0.3 is 0 Å². The van der Waals surface area contributed by atoms with Crippen molar-refractivity contribution in [2.24, 2.45) is 5.92 Å². The van der Waals surface area contributed by atoms with Crippen molar-refractivity contribution in [3.63, 3.8) is 0 Å². The molecule has 2 N–H and O–H groups in total. The van der Waals surface area contributed by atoms with Gasteiger partial charge in [-0.15, -0.1) is 0 Å². The molecular weight excluding hydrogens is 531 g/mol. The van der Waals surface area contributed by atoms with Crippen LogP contribution in [-0.2, 0) is 41.5 Å². The smallest absolute Gasteiger partial charge is 0.234 e. The third-order valence-electron chi connectivity index (χ3n) is 7.41. The molecule has 4 rings (SSSR count). The van der Waals surface area contributed by atoms with Crippen LogP contribution in [0.5, 0.6) is 0 Å². The van der Waals surface area contributed by atoms with Crippen molar-refractivity contribution in [2.75, 3.05) is 39.5 Å². The van der Waals surface area contributed by atoms with Crippen LogP contribution in [0.3, 0.4) is 0 Å². The molecule has 41 heavy (non-hydrogen) atoms. The molecule has 0 saturated carbocycles. The standard InChI is InChI=1S/C30H37FN4O6/c1-20(33-27(37)18-35-10-12-40-13-11-35)26(36)16-22(15-24-9-8-23(31)17-32-24)29(39)34-25(28(38)30(2)19-41-30)14-21-6-4-3-5-7-21/h3-9,17,20,22,25H,10-16,18-19H2,1-2H3,(H,33,37)(H,34,39)/t20-,22+,25-,30+/m0/s1. The summed E-state index contributed by atoms with van der Waals surface area (Å²) in [5.41, 5.74) is 0.321. The molecule has 2 aliphatic rings. The van der Waals surface area contributed by atoms with E-state index in [1.807, 2.05) is 35.2 Å². The lowest BCUT2D eigenvalue weighted by molar-refractivity contribution is -0.134. The summed E-state index contributed by atoms with van der Waals surface area (Å²) >= 11 is 0. The number of carbonyl (C=O) groups excluding carboxylic acids is 4. The number of nitrogens with zero attached hydrogens (tertiary/aromatic N) is 2. The second-order valence-corrected chi connectivity index (χ2v) is 10.9. The summed E-state index contributed by atoms with van der Waals surface area (Å²) in [7, 11) is 0. The molecule has 10 nitrogen and oxygen atoms in total. The number of aromatic nitrogens is 1. The van der Waals surface area contributed by atoms with Crippen LogP contribution in [0, 0.1) is 11.7 Å². The van der Waals surface area contributed by atoms with E-state index in [1.165, 1.54) is 12.1 Å². The zero-order valence-corrected chi connectivity index (χ0v) is 23.4. The first kappa shape index (κ1) is 30.4. The van der Waals surface area contributed by atoms with Crippen molar-refractivity contribution in [3.05, 3.63) is 65.7 Å². The molecule has 2 amide bonds. The van der Waals surface area contributed by atoms with Gasteiger partial charge in [0.25, 0.3) is 0 Å². The monoisotopic (exact) mass is 568 g/mol. The van der Waals surface area contributed by atoms with Crippen molar-refractivity contribution in [1.82, 2.24) is 20.5 Å². The minimum Gasteiger partial charge on any atom is -0.379 e. The highest BCUT2D eigenvalue weighted by Crippen LogP contribution is 2.29. The van der Waals surface area contributed by atoms with Gasteiger partial charge in [0, 0.05) is 31.6 Å². The first-order valence-corrected chi connectivity index (χ1v) is 13.9. The van der Waals surface area contributed by atoms with Crippen molar-refractivity contribution >= 4 is 23.4 Å². The van der Waals surface area contributed by atoms with E-state index in [-0.39, 0.29) is 49.9 Å². The fourth-order valence-corrected chi connectivity index (χ4v) is 4.75. The molecule has 2 aliphatic heterocycles. The van der Waals surface area contributed by atoms with Gasteiger partial charge in [-0.2, -0.15) is 0 Å². The maximum atomic E-state index is 13.6. The molecule has 1 aromatic heterocycles. The second kappa shape index (κ2) is 13.9. The van der Waals surface area contributed by atoms with Gasteiger partial charge in [-0.05, 0) is 38.0 Å². The van der Waals surface area contributed by atoms with Crippen LogP contribution < -0.4 is 10.6 Å². The first-order chi connectivity index (χ1) is 19.6. The molecule has 0 spiro atoms. The zero-order chi connectivity index (χ0) is 29.4. The third kappa shape index (κ3) is 8.97. The summed E-state index contributed by atoms with van der Waals surface area (Å²) in [5, 5.41) is 5.58. The number of epoxide rings is 1. The minimum absolute atomic E-state index is 0.0479. The number of pyridine rings is 1. The molecule has 0 unspecified atom stereocenters. The second-order valence-electron chi connectivity index (χ2n) is 10.9. The van der Waals surface area contributed by atoms with E-state index in [9.17, 15) is 23.6 Å². The average molecular weight is 569 g/mol. The molecule has 0 radical (unpaired) electrons. The van der Waals surface area contributed by atoms with E-state index in [0.717, 1.165) is 11.8 Å². The van der Waals surface area contributed by atoms with E-state index in [2.05, 4.69) is 15.6 Å². The van der Waals surface area contributed by atoms with Gasteiger partial charge in [-0.1, -0.05) is 30.3 Å². The average Bonchev–Trinajstić information content (AvgIpc) is 3.72. The largest absolute Gasteiger partial charge is 0.379 e. The molecule has 2 saturated heterocycles. The lowest BCUT2D eigenvalue weighted by Gasteiger charge is -2.26. The summed E-state index contributed by atoms with van der Waals surface area (Å²) in [6.07, 6.45) is 1.15. The van der Waals surface area contributed by atoms with E-state index < -0.39 is 35.3 Å². The third-order valence-corrected chi connectivity index (χ3v) is 7.41. The number of benzene rings is 1. The molecule has 1 aromatic carbocycles. The number of ketones is 2. The highest BCUT2D eigenvalue weighted by Gasteiger charge is 2.50. The van der Waals surface area contributed by atoms with Crippen LogP contribution in [0.4, 0.5) is 4.39 Å². The van der Waals surface area contributed by atoms with Crippen LogP contribution in [0.2, 0.25) is 0 Å². The van der Waals surface area contributed by atoms with Gasteiger partial charge in [0.2, 0.25) is 11.8 Å². The zero-order valence-electron chi connectivity index (χ0n) is 23.4. The lowest BCUT2D eigenvalue weighted by Crippen LogP contribution is -2.50. The summed E-state index contributed by atoms with van der Waals surface area (Å²) in [6.45, 7) is 6.06. The van der Waals surface area contributed by atoms with E-state index in [0.29, 0.717) is 32.0 Å². The van der Waals surface area contributed by atoms with E-state index >= 15 is 0 Å². The number of amides is 2. The number of carbonyl (C=O) groups is 4. The molecule has 11 heteroatoms. The van der Waals surface area contributed by atoms with Crippen LogP contribution in [0.1, 0.15) is 31.5 Å². The highest BCUT2D eigenvalue weighted by molar-refractivity contribution is 5.98. The van der Waals surface area contributed by atoms with Crippen molar-refractivity contribution < 1.29 is 33.0 Å². The van der Waals surface area contributed by atoms with Gasteiger partial charge < -0.3 is 20.1 Å². The lowest BCUT2D eigenvalue weighted by atomic mass is 9.91. The quantitative estimate of drug-likeness (QED) is 0.326. The SMILES string of the molecule is C[C@H](NC(=O)CN1CCOCC1)C(=O)C[C@@H](Cc1ccc(F)cn1)C(=O)N[C@@H](Cc1ccccc1)C(=O)[C@@]1(C)CO1. The van der Waals surface area contributed by atoms with Gasteiger partial charge in [0.15, 0.2) is 11.6 Å². The molecule has 3 heterocycles. The Kier molecular flexibility index (Phi) is 10.3. The Hall–Kier alpha value is -3.54. The fraction of sp³-hybridized carbons (Fsp3) is 0.500. The molecule has 2 fully saturated rings. The molecule has 0 bridgehead atoms. The molecule has 220 valence electrons. The molecule has 0 aliphatic carbocycles. The number of morpholine rings is 1. The Bertz CT molecular complexity index is 1220. The fourth-order valence-electron chi connectivity index (χ4n) is 4.75. The summed E-state index contributed by atoms with van der Waals surface area (Å²) in [6, 6.07) is 10.3. The number of nitrogens with one attached hydrogen (secondary N) is 2. The topological polar surface area (TPSA) is 130 Å². The van der Waals surface area contributed by atoms with E-state index in [1.54, 1.807) is 13.8 Å². The van der Waals surface area contributed by atoms with Crippen molar-refractivity contribution in [2.45, 2.75) is 50.8 Å². The number of rotatable bonds is 14. The summed E-state index contributed by atoms with van der Waals surface area (Å²) in [5.74, 6) is -2.81. The van der Waals surface area contributed by atoms with Gasteiger partial charge in [-0.25, -0.2) is 4.39 Å². The number of Topliss-reactive ketones (excluding diaryl/α,β-unsaturated/α-hetero) is 2. The Morgan fingerprint density at radius 1 is 1.05 bits per heavy atom. The number of hydrogen-bond acceptors (Lipinski definition) is 8. The Morgan fingerprint density at radius 2 is 1.76 bits per heavy atom. The van der Waals surface area contributed by atoms with Gasteiger partial charge in [-0.3, -0.25) is 29.1 Å². The molecular formula is C30H37FN4O6. The predicted octanol–water partition coefficient (Wildman–Crippen LogP) is 1.26. The minimum atomic E-state index is -0.962. The van der Waals surface area contributed by atoms with Crippen LogP contribution >= 0.6 is 0 Å². The number of halogens is 1.